The molecule has 84 valence electrons. The third-order valence-corrected chi connectivity index (χ3v) is 3.76. The van der Waals surface area contributed by atoms with Crippen LogP contribution in [0.1, 0.15) is 11.1 Å². The van der Waals surface area contributed by atoms with Crippen LogP contribution in [-0.2, 0) is 12.8 Å². The zero-order chi connectivity index (χ0) is 11.5. The first-order valence-electron chi connectivity index (χ1n) is 5.78. The van der Waals surface area contributed by atoms with Gasteiger partial charge in [-0.05, 0) is 30.0 Å². The molecule has 0 aliphatic heterocycles. The number of rotatable bonds is 3. The van der Waals surface area contributed by atoms with Gasteiger partial charge in [-0.1, -0.05) is 42.5 Å². The summed E-state index contributed by atoms with van der Waals surface area (Å²) < 4.78 is 1.29. The number of hydrogen-bond donors (Lipinski definition) is 0. The molecule has 0 atom stereocenters. The fourth-order valence-corrected chi connectivity index (χ4v) is 2.79. The molecule has 0 saturated heterocycles. The Morgan fingerprint density at radius 3 is 2.65 bits per heavy atom. The Hall–Kier alpha value is -1.67. The Bertz CT molecular complexity index is 613. The van der Waals surface area contributed by atoms with Crippen molar-refractivity contribution in [1.29, 1.82) is 0 Å². The van der Waals surface area contributed by atoms with Gasteiger partial charge in [0.2, 0.25) is 0 Å². The van der Waals surface area contributed by atoms with E-state index in [0.717, 1.165) is 12.8 Å². The normalized spacial score (nSPS) is 10.8. The van der Waals surface area contributed by atoms with E-state index in [0.29, 0.717) is 0 Å². The van der Waals surface area contributed by atoms with E-state index in [1.807, 2.05) is 5.51 Å². The maximum atomic E-state index is 4.45. The molecule has 0 unspecified atom stereocenters. The zero-order valence-electron chi connectivity index (χ0n) is 9.47. The maximum Gasteiger partial charge on any atom is 0.0844 e. The molecule has 1 heterocycles. The van der Waals surface area contributed by atoms with Gasteiger partial charge in [-0.2, -0.15) is 0 Å². The smallest absolute Gasteiger partial charge is 0.0844 e. The Morgan fingerprint density at radius 2 is 1.76 bits per heavy atom. The van der Waals surface area contributed by atoms with Crippen LogP contribution in [0.25, 0.3) is 10.2 Å². The predicted molar refractivity (Wildman–Crippen MR) is 73.5 cm³/mol. The van der Waals surface area contributed by atoms with Gasteiger partial charge in [-0.15, -0.1) is 11.3 Å². The standard InChI is InChI=1S/C15H13NS/c1-2-5-12(6-3-1)9-10-13-7-4-8-14-15(13)16-11-17-14/h1-8,11H,9-10H2. The number of aromatic nitrogens is 1. The van der Waals surface area contributed by atoms with Gasteiger partial charge in [0.05, 0.1) is 15.7 Å². The molecule has 2 aromatic carbocycles. The molecule has 17 heavy (non-hydrogen) atoms. The minimum absolute atomic E-state index is 1.06. The summed E-state index contributed by atoms with van der Waals surface area (Å²) in [7, 11) is 0. The summed E-state index contributed by atoms with van der Waals surface area (Å²) in [5.41, 5.74) is 5.84. The molecule has 1 nitrogen and oxygen atoms in total. The minimum atomic E-state index is 1.06. The number of aryl methyl sites for hydroxylation is 2. The van der Waals surface area contributed by atoms with Crippen LogP contribution in [0.2, 0.25) is 0 Å². The molecule has 3 rings (SSSR count). The molecule has 0 saturated carbocycles. The second kappa shape index (κ2) is 4.68. The van der Waals surface area contributed by atoms with Crippen molar-refractivity contribution < 1.29 is 0 Å². The highest BCUT2D eigenvalue weighted by atomic mass is 32.1. The van der Waals surface area contributed by atoms with Crippen molar-refractivity contribution >= 4 is 21.6 Å². The van der Waals surface area contributed by atoms with E-state index >= 15 is 0 Å². The van der Waals surface area contributed by atoms with Crippen LogP contribution in [-0.4, -0.2) is 4.98 Å². The van der Waals surface area contributed by atoms with E-state index in [4.69, 9.17) is 0 Å². The lowest BCUT2D eigenvalue weighted by Gasteiger charge is -2.02. The first-order chi connectivity index (χ1) is 8.43. The van der Waals surface area contributed by atoms with E-state index in [2.05, 4.69) is 53.5 Å². The molecular weight excluding hydrogens is 226 g/mol. The predicted octanol–water partition coefficient (Wildman–Crippen LogP) is 4.08. The third-order valence-electron chi connectivity index (χ3n) is 2.97. The Morgan fingerprint density at radius 1 is 0.882 bits per heavy atom. The number of benzene rings is 2. The van der Waals surface area contributed by atoms with E-state index in [1.54, 1.807) is 11.3 Å². The Balaban J connectivity index is 1.84. The average Bonchev–Trinajstić information content (AvgIpc) is 2.86. The van der Waals surface area contributed by atoms with E-state index < -0.39 is 0 Å². The quantitative estimate of drug-likeness (QED) is 0.671. The summed E-state index contributed by atoms with van der Waals surface area (Å²) >= 11 is 1.71. The fraction of sp³-hybridized carbons (Fsp3) is 0.133. The van der Waals surface area contributed by atoms with Crippen LogP contribution in [0.3, 0.4) is 0 Å². The summed E-state index contributed by atoms with van der Waals surface area (Å²) in [6, 6.07) is 17.1. The lowest BCUT2D eigenvalue weighted by atomic mass is 10.0. The fourth-order valence-electron chi connectivity index (χ4n) is 2.07. The average molecular weight is 239 g/mol. The molecule has 0 radical (unpaired) electrons. The highest BCUT2D eigenvalue weighted by Crippen LogP contribution is 2.22. The van der Waals surface area contributed by atoms with Crippen molar-refractivity contribution in [3.63, 3.8) is 0 Å². The second-order valence-electron chi connectivity index (χ2n) is 4.10. The van der Waals surface area contributed by atoms with Crippen LogP contribution < -0.4 is 0 Å². The lowest BCUT2D eigenvalue weighted by molar-refractivity contribution is 0.966. The molecule has 0 fully saturated rings. The van der Waals surface area contributed by atoms with Gasteiger partial charge in [0.25, 0.3) is 0 Å². The molecule has 1 aromatic heterocycles. The topological polar surface area (TPSA) is 12.9 Å². The number of thiazole rings is 1. The van der Waals surface area contributed by atoms with Crippen LogP contribution in [0.15, 0.2) is 54.0 Å². The summed E-state index contributed by atoms with van der Waals surface area (Å²) in [6.07, 6.45) is 2.14. The first-order valence-corrected chi connectivity index (χ1v) is 6.66. The van der Waals surface area contributed by atoms with Gasteiger partial charge in [0.15, 0.2) is 0 Å². The van der Waals surface area contributed by atoms with E-state index in [9.17, 15) is 0 Å². The summed E-state index contributed by atoms with van der Waals surface area (Å²) in [6.45, 7) is 0. The summed E-state index contributed by atoms with van der Waals surface area (Å²) in [5.74, 6) is 0. The van der Waals surface area contributed by atoms with E-state index in [1.165, 1.54) is 21.3 Å². The SMILES string of the molecule is c1ccc(CCc2cccc3scnc23)cc1. The molecule has 0 aliphatic carbocycles. The lowest BCUT2D eigenvalue weighted by Crippen LogP contribution is -1.91. The highest BCUT2D eigenvalue weighted by Gasteiger charge is 2.03. The molecule has 3 aromatic rings. The Labute approximate surface area is 105 Å². The molecule has 0 aliphatic rings. The van der Waals surface area contributed by atoms with Crippen LogP contribution in [0.4, 0.5) is 0 Å². The highest BCUT2D eigenvalue weighted by molar-refractivity contribution is 7.16. The van der Waals surface area contributed by atoms with Crippen molar-refractivity contribution in [3.05, 3.63) is 65.2 Å². The third kappa shape index (κ3) is 2.22. The van der Waals surface area contributed by atoms with Gasteiger partial charge in [0, 0.05) is 0 Å². The van der Waals surface area contributed by atoms with Crippen LogP contribution in [0, 0.1) is 0 Å². The van der Waals surface area contributed by atoms with E-state index in [-0.39, 0.29) is 0 Å². The molecular formula is C15H13NS. The molecule has 0 N–H and O–H groups in total. The maximum absolute atomic E-state index is 4.45. The monoisotopic (exact) mass is 239 g/mol. The van der Waals surface area contributed by atoms with Gasteiger partial charge >= 0.3 is 0 Å². The van der Waals surface area contributed by atoms with Gasteiger partial charge in [0.1, 0.15) is 0 Å². The molecule has 0 amide bonds. The summed E-state index contributed by atoms with van der Waals surface area (Å²) in [4.78, 5) is 4.45. The van der Waals surface area contributed by atoms with Crippen molar-refractivity contribution in [2.75, 3.05) is 0 Å². The largest absolute Gasteiger partial charge is 0.244 e. The molecule has 0 bridgehead atoms. The zero-order valence-corrected chi connectivity index (χ0v) is 10.3. The number of nitrogens with zero attached hydrogens (tertiary/aromatic N) is 1. The molecule has 0 spiro atoms. The minimum Gasteiger partial charge on any atom is -0.244 e. The number of fused-ring (bicyclic) bond motifs is 1. The van der Waals surface area contributed by atoms with Crippen LogP contribution >= 0.6 is 11.3 Å². The Kier molecular flexibility index (Phi) is 2.88. The van der Waals surface area contributed by atoms with Gasteiger partial charge in [-0.25, -0.2) is 4.98 Å². The molecule has 2 heteroatoms. The van der Waals surface area contributed by atoms with Crippen molar-refractivity contribution in [2.24, 2.45) is 0 Å². The van der Waals surface area contributed by atoms with Gasteiger partial charge in [-0.3, -0.25) is 0 Å². The van der Waals surface area contributed by atoms with Crippen molar-refractivity contribution in [1.82, 2.24) is 4.98 Å². The van der Waals surface area contributed by atoms with Crippen LogP contribution in [0.5, 0.6) is 0 Å². The van der Waals surface area contributed by atoms with Crippen molar-refractivity contribution in [3.8, 4) is 0 Å². The number of hydrogen-bond acceptors (Lipinski definition) is 2. The first kappa shape index (κ1) is 10.5. The second-order valence-corrected chi connectivity index (χ2v) is 4.99. The summed E-state index contributed by atoms with van der Waals surface area (Å²) in [5, 5.41) is 0. The van der Waals surface area contributed by atoms with Crippen molar-refractivity contribution in [2.45, 2.75) is 12.8 Å². The number of para-hydroxylation sites is 1. The van der Waals surface area contributed by atoms with Gasteiger partial charge < -0.3 is 0 Å².